The molecule has 0 bridgehead atoms. The molecule has 2 unspecified atom stereocenters. The van der Waals surface area contributed by atoms with Crippen molar-refractivity contribution in [2.24, 2.45) is 5.92 Å². The molecule has 1 aliphatic heterocycles. The molecule has 1 fully saturated rings. The van der Waals surface area contributed by atoms with Crippen LogP contribution in [0.3, 0.4) is 0 Å². The molecule has 2 N–H and O–H groups in total. The van der Waals surface area contributed by atoms with Gasteiger partial charge in [-0.15, -0.1) is 0 Å². The van der Waals surface area contributed by atoms with Crippen LogP contribution >= 0.6 is 0 Å². The van der Waals surface area contributed by atoms with E-state index in [0.29, 0.717) is 12.3 Å². The number of carbonyl (C=O) groups excluding carboxylic acids is 1. The molecule has 1 amide bonds. The van der Waals surface area contributed by atoms with Crippen molar-refractivity contribution in [3.05, 3.63) is 35.4 Å². The van der Waals surface area contributed by atoms with Crippen molar-refractivity contribution in [2.75, 3.05) is 13.1 Å². The summed E-state index contributed by atoms with van der Waals surface area (Å²) in [6, 6.07) is 8.40. The van der Waals surface area contributed by atoms with E-state index >= 15 is 0 Å². The predicted molar refractivity (Wildman–Crippen MR) is 68.8 cm³/mol. The van der Waals surface area contributed by atoms with Gasteiger partial charge in [0.1, 0.15) is 0 Å². The Morgan fingerprint density at radius 2 is 2.29 bits per heavy atom. The summed E-state index contributed by atoms with van der Waals surface area (Å²) in [5.74, 6) is 0.646. The molecule has 1 aromatic carbocycles. The number of nitrogens with one attached hydrogen (secondary N) is 2. The molecule has 2 rings (SSSR count). The Bertz CT molecular complexity index is 403. The third kappa shape index (κ3) is 3.30. The largest absolute Gasteiger partial charge is 0.351 e. The number of benzene rings is 1. The molecule has 1 saturated heterocycles. The highest BCUT2D eigenvalue weighted by Crippen LogP contribution is 2.09. The van der Waals surface area contributed by atoms with Gasteiger partial charge in [0.05, 0.1) is 6.42 Å². The Balaban J connectivity index is 1.89. The maximum atomic E-state index is 11.9. The fourth-order valence-electron chi connectivity index (χ4n) is 2.27. The minimum absolute atomic E-state index is 0.121. The molecule has 0 aliphatic carbocycles. The van der Waals surface area contributed by atoms with Gasteiger partial charge in [-0.25, -0.2) is 0 Å². The van der Waals surface area contributed by atoms with Gasteiger partial charge in [-0.3, -0.25) is 4.79 Å². The molecule has 3 heteroatoms. The van der Waals surface area contributed by atoms with Crippen molar-refractivity contribution in [2.45, 2.75) is 26.3 Å². The van der Waals surface area contributed by atoms with Gasteiger partial charge in [0.15, 0.2) is 0 Å². The number of rotatable bonds is 3. The highest BCUT2D eigenvalue weighted by atomic mass is 16.1. The molecular weight excluding hydrogens is 212 g/mol. The van der Waals surface area contributed by atoms with Crippen LogP contribution in [0.15, 0.2) is 24.3 Å². The van der Waals surface area contributed by atoms with Gasteiger partial charge < -0.3 is 10.6 Å². The fraction of sp³-hybridized carbons (Fsp3) is 0.500. The van der Waals surface area contributed by atoms with Crippen molar-refractivity contribution in [1.29, 1.82) is 0 Å². The lowest BCUT2D eigenvalue weighted by molar-refractivity contribution is -0.121. The van der Waals surface area contributed by atoms with E-state index in [1.54, 1.807) is 0 Å². The SMILES string of the molecule is Cc1cccc(CC(=O)NC2CNCC2C)c1. The maximum Gasteiger partial charge on any atom is 0.224 e. The Morgan fingerprint density at radius 3 is 2.94 bits per heavy atom. The first-order chi connectivity index (χ1) is 8.15. The van der Waals surface area contributed by atoms with Gasteiger partial charge in [-0.2, -0.15) is 0 Å². The van der Waals surface area contributed by atoms with Gasteiger partial charge >= 0.3 is 0 Å². The Labute approximate surface area is 103 Å². The van der Waals surface area contributed by atoms with Crippen molar-refractivity contribution < 1.29 is 4.79 Å². The highest BCUT2D eigenvalue weighted by Gasteiger charge is 2.24. The molecule has 17 heavy (non-hydrogen) atoms. The number of hydrogen-bond acceptors (Lipinski definition) is 2. The van der Waals surface area contributed by atoms with Crippen molar-refractivity contribution >= 4 is 5.91 Å². The predicted octanol–water partition coefficient (Wildman–Crippen LogP) is 1.26. The number of amides is 1. The summed E-state index contributed by atoms with van der Waals surface area (Å²) in [4.78, 5) is 11.9. The van der Waals surface area contributed by atoms with E-state index in [2.05, 4.69) is 23.6 Å². The Hall–Kier alpha value is -1.35. The van der Waals surface area contributed by atoms with E-state index in [9.17, 15) is 4.79 Å². The van der Waals surface area contributed by atoms with E-state index in [1.165, 1.54) is 5.56 Å². The lowest BCUT2D eigenvalue weighted by Crippen LogP contribution is -2.40. The molecule has 92 valence electrons. The molecule has 1 aliphatic rings. The van der Waals surface area contributed by atoms with Gasteiger partial charge in [0, 0.05) is 12.6 Å². The normalized spacial score (nSPS) is 23.6. The van der Waals surface area contributed by atoms with Crippen LogP contribution in [0.2, 0.25) is 0 Å². The molecule has 0 aromatic heterocycles. The zero-order valence-electron chi connectivity index (χ0n) is 10.5. The van der Waals surface area contributed by atoms with Crippen LogP contribution in [-0.4, -0.2) is 25.0 Å². The molecule has 2 atom stereocenters. The molecule has 0 saturated carbocycles. The van der Waals surface area contributed by atoms with E-state index in [4.69, 9.17) is 0 Å². The Kier molecular flexibility index (Phi) is 3.79. The Morgan fingerprint density at radius 1 is 1.47 bits per heavy atom. The summed E-state index contributed by atoms with van der Waals surface area (Å²) < 4.78 is 0. The smallest absolute Gasteiger partial charge is 0.224 e. The van der Waals surface area contributed by atoms with Crippen molar-refractivity contribution in [3.63, 3.8) is 0 Å². The van der Waals surface area contributed by atoms with Crippen molar-refractivity contribution in [1.82, 2.24) is 10.6 Å². The van der Waals surface area contributed by atoms with Gasteiger partial charge in [0.2, 0.25) is 5.91 Å². The van der Waals surface area contributed by atoms with Crippen LogP contribution < -0.4 is 10.6 Å². The summed E-state index contributed by atoms with van der Waals surface area (Å²) in [6.07, 6.45) is 0.477. The summed E-state index contributed by atoms with van der Waals surface area (Å²) in [5, 5.41) is 6.38. The highest BCUT2D eigenvalue weighted by molar-refractivity contribution is 5.79. The van der Waals surface area contributed by atoms with Crippen LogP contribution in [0.4, 0.5) is 0 Å². The van der Waals surface area contributed by atoms with Crippen LogP contribution in [0.1, 0.15) is 18.1 Å². The molecule has 0 radical (unpaired) electrons. The summed E-state index contributed by atoms with van der Waals surface area (Å²) in [6.45, 7) is 6.10. The van der Waals surface area contributed by atoms with Crippen LogP contribution in [0, 0.1) is 12.8 Å². The number of aryl methyl sites for hydroxylation is 1. The summed E-state index contributed by atoms with van der Waals surface area (Å²) >= 11 is 0. The molecule has 0 spiro atoms. The maximum absolute atomic E-state index is 11.9. The number of carbonyl (C=O) groups is 1. The molecular formula is C14H20N2O. The minimum atomic E-state index is 0.121. The zero-order chi connectivity index (χ0) is 12.3. The monoisotopic (exact) mass is 232 g/mol. The van der Waals surface area contributed by atoms with E-state index < -0.39 is 0 Å². The van der Waals surface area contributed by atoms with Crippen LogP contribution in [0.25, 0.3) is 0 Å². The van der Waals surface area contributed by atoms with Gasteiger partial charge in [-0.05, 0) is 24.9 Å². The van der Waals surface area contributed by atoms with E-state index in [1.807, 2.05) is 25.1 Å². The minimum Gasteiger partial charge on any atom is -0.351 e. The van der Waals surface area contributed by atoms with Crippen LogP contribution in [-0.2, 0) is 11.2 Å². The van der Waals surface area contributed by atoms with Crippen molar-refractivity contribution in [3.8, 4) is 0 Å². The second kappa shape index (κ2) is 5.32. The summed E-state index contributed by atoms with van der Waals surface area (Å²) in [7, 11) is 0. The van der Waals surface area contributed by atoms with Crippen LogP contribution in [0.5, 0.6) is 0 Å². The lowest BCUT2D eigenvalue weighted by atomic mass is 10.1. The summed E-state index contributed by atoms with van der Waals surface area (Å²) in [5.41, 5.74) is 2.28. The second-order valence-electron chi connectivity index (χ2n) is 4.98. The lowest BCUT2D eigenvalue weighted by Gasteiger charge is -2.16. The average molecular weight is 232 g/mol. The molecule has 1 heterocycles. The first-order valence-corrected chi connectivity index (χ1v) is 6.21. The van der Waals surface area contributed by atoms with Gasteiger partial charge in [0.25, 0.3) is 0 Å². The zero-order valence-corrected chi connectivity index (χ0v) is 10.5. The standard InChI is InChI=1S/C14H20N2O/c1-10-4-3-5-12(6-10)7-14(17)16-13-9-15-8-11(13)2/h3-6,11,13,15H,7-9H2,1-2H3,(H,16,17). The topological polar surface area (TPSA) is 41.1 Å². The average Bonchev–Trinajstić information content (AvgIpc) is 2.64. The first-order valence-electron chi connectivity index (χ1n) is 6.21. The third-order valence-corrected chi connectivity index (χ3v) is 3.31. The van der Waals surface area contributed by atoms with Gasteiger partial charge in [-0.1, -0.05) is 36.8 Å². The van der Waals surface area contributed by atoms with E-state index in [0.717, 1.165) is 18.7 Å². The fourth-order valence-corrected chi connectivity index (χ4v) is 2.27. The molecule has 3 nitrogen and oxygen atoms in total. The second-order valence-corrected chi connectivity index (χ2v) is 4.98. The first kappa shape index (κ1) is 12.1. The van der Waals surface area contributed by atoms with E-state index in [-0.39, 0.29) is 11.9 Å². The number of hydrogen-bond donors (Lipinski definition) is 2. The third-order valence-electron chi connectivity index (χ3n) is 3.31. The quantitative estimate of drug-likeness (QED) is 0.824. The molecule has 1 aromatic rings.